The molecule has 1 aromatic carbocycles. The van der Waals surface area contributed by atoms with Gasteiger partial charge in [0, 0.05) is 6.04 Å². The number of hydrogen-bond acceptors (Lipinski definition) is 2. The molecule has 0 amide bonds. The van der Waals surface area contributed by atoms with Crippen molar-refractivity contribution in [3.05, 3.63) is 29.8 Å². The summed E-state index contributed by atoms with van der Waals surface area (Å²) in [5.41, 5.74) is 7.76. The van der Waals surface area contributed by atoms with Crippen molar-refractivity contribution in [1.82, 2.24) is 0 Å². The van der Waals surface area contributed by atoms with E-state index in [1.165, 1.54) is 12.0 Å². The summed E-state index contributed by atoms with van der Waals surface area (Å²) in [6, 6.07) is 8.39. The van der Waals surface area contributed by atoms with Crippen molar-refractivity contribution in [3.63, 3.8) is 0 Å². The molecule has 2 unspecified atom stereocenters. The van der Waals surface area contributed by atoms with Crippen LogP contribution in [0.4, 0.5) is 0 Å². The third kappa shape index (κ3) is 3.22. The van der Waals surface area contributed by atoms with Crippen LogP contribution < -0.4 is 10.5 Å². The van der Waals surface area contributed by atoms with Crippen molar-refractivity contribution >= 4 is 0 Å². The van der Waals surface area contributed by atoms with Gasteiger partial charge in [0.2, 0.25) is 0 Å². The van der Waals surface area contributed by atoms with E-state index in [0.29, 0.717) is 5.41 Å². The summed E-state index contributed by atoms with van der Waals surface area (Å²) in [6.07, 6.45) is 3.45. The summed E-state index contributed by atoms with van der Waals surface area (Å²) in [5, 5.41) is 0. The first-order chi connectivity index (χ1) is 7.96. The maximum atomic E-state index is 6.15. The molecule has 1 aliphatic rings. The molecule has 1 aromatic rings. The van der Waals surface area contributed by atoms with Gasteiger partial charge in [0.15, 0.2) is 0 Å². The van der Waals surface area contributed by atoms with Crippen LogP contribution in [0.1, 0.15) is 38.7 Å². The number of nitrogens with two attached hydrogens (primary N) is 1. The first kappa shape index (κ1) is 12.4. The van der Waals surface area contributed by atoms with E-state index in [-0.39, 0.29) is 12.1 Å². The minimum Gasteiger partial charge on any atom is -0.489 e. The largest absolute Gasteiger partial charge is 0.489 e. The molecule has 0 aromatic heterocycles. The molecule has 2 atom stereocenters. The van der Waals surface area contributed by atoms with Gasteiger partial charge in [0.25, 0.3) is 0 Å². The van der Waals surface area contributed by atoms with Crippen molar-refractivity contribution in [2.24, 2.45) is 11.1 Å². The molecule has 0 bridgehead atoms. The van der Waals surface area contributed by atoms with Crippen molar-refractivity contribution in [3.8, 4) is 5.75 Å². The van der Waals surface area contributed by atoms with Gasteiger partial charge in [-0.3, -0.25) is 0 Å². The number of benzene rings is 1. The van der Waals surface area contributed by atoms with Gasteiger partial charge in [-0.2, -0.15) is 0 Å². The van der Waals surface area contributed by atoms with Gasteiger partial charge in [-0.15, -0.1) is 0 Å². The monoisotopic (exact) mass is 233 g/mol. The predicted octanol–water partition coefficient (Wildman–Crippen LogP) is 3.28. The second-order valence-corrected chi connectivity index (χ2v) is 6.04. The summed E-state index contributed by atoms with van der Waals surface area (Å²) >= 11 is 0. The van der Waals surface area contributed by atoms with Crippen molar-refractivity contribution in [2.45, 2.75) is 52.2 Å². The van der Waals surface area contributed by atoms with E-state index >= 15 is 0 Å². The quantitative estimate of drug-likeness (QED) is 0.850. The fourth-order valence-electron chi connectivity index (χ4n) is 2.46. The lowest BCUT2D eigenvalue weighted by Gasteiger charge is -2.39. The Hall–Kier alpha value is -1.02. The smallest absolute Gasteiger partial charge is 0.119 e. The third-order valence-corrected chi connectivity index (χ3v) is 3.69. The van der Waals surface area contributed by atoms with Crippen LogP contribution in [0, 0.1) is 12.3 Å². The summed E-state index contributed by atoms with van der Waals surface area (Å²) in [4.78, 5) is 0. The molecule has 0 saturated heterocycles. The Balaban J connectivity index is 2.04. The maximum Gasteiger partial charge on any atom is 0.119 e. The predicted molar refractivity (Wildman–Crippen MR) is 71.2 cm³/mol. The van der Waals surface area contributed by atoms with E-state index in [9.17, 15) is 0 Å². The lowest BCUT2D eigenvalue weighted by Crippen LogP contribution is -2.46. The topological polar surface area (TPSA) is 35.2 Å². The molecule has 94 valence electrons. The molecule has 2 nitrogen and oxygen atoms in total. The Bertz CT molecular complexity index is 369. The maximum absolute atomic E-state index is 6.15. The van der Waals surface area contributed by atoms with Gasteiger partial charge in [0.05, 0.1) is 0 Å². The highest BCUT2D eigenvalue weighted by Gasteiger charge is 2.34. The summed E-state index contributed by atoms with van der Waals surface area (Å²) in [6.45, 7) is 6.67. The summed E-state index contributed by atoms with van der Waals surface area (Å²) in [5.74, 6) is 0.939. The normalized spacial score (nSPS) is 27.8. The van der Waals surface area contributed by atoms with Crippen molar-refractivity contribution in [2.75, 3.05) is 0 Å². The van der Waals surface area contributed by atoms with Crippen LogP contribution in [0.3, 0.4) is 0 Å². The Morgan fingerprint density at radius 1 is 1.24 bits per heavy atom. The highest BCUT2D eigenvalue weighted by atomic mass is 16.5. The van der Waals surface area contributed by atoms with Crippen molar-refractivity contribution < 1.29 is 4.74 Å². The van der Waals surface area contributed by atoms with Crippen LogP contribution in [0.5, 0.6) is 5.75 Å². The lowest BCUT2D eigenvalue weighted by molar-refractivity contribution is 0.0669. The average molecular weight is 233 g/mol. The molecule has 2 N–H and O–H groups in total. The zero-order valence-corrected chi connectivity index (χ0v) is 11.1. The Kier molecular flexibility index (Phi) is 3.43. The second-order valence-electron chi connectivity index (χ2n) is 6.04. The molecule has 17 heavy (non-hydrogen) atoms. The molecule has 0 heterocycles. The van der Waals surface area contributed by atoms with Gasteiger partial charge in [-0.05, 0) is 43.7 Å². The van der Waals surface area contributed by atoms with Crippen LogP contribution in [-0.2, 0) is 0 Å². The number of aryl methyl sites for hydroxylation is 1. The summed E-state index contributed by atoms with van der Waals surface area (Å²) in [7, 11) is 0. The molecule has 0 aliphatic heterocycles. The number of hydrogen-bond donors (Lipinski definition) is 1. The van der Waals surface area contributed by atoms with E-state index in [0.717, 1.165) is 18.6 Å². The minimum atomic E-state index is 0.154. The molecule has 1 aliphatic carbocycles. The molecule has 2 heteroatoms. The molecule has 0 radical (unpaired) electrons. The fraction of sp³-hybridized carbons (Fsp3) is 0.600. The van der Waals surface area contributed by atoms with Gasteiger partial charge in [0.1, 0.15) is 11.9 Å². The van der Waals surface area contributed by atoms with Gasteiger partial charge in [-0.1, -0.05) is 31.5 Å². The third-order valence-electron chi connectivity index (χ3n) is 3.69. The molecular weight excluding hydrogens is 210 g/mol. The van der Waals surface area contributed by atoms with Gasteiger partial charge >= 0.3 is 0 Å². The van der Waals surface area contributed by atoms with E-state index < -0.39 is 0 Å². The Labute approximate surface area is 104 Å². The van der Waals surface area contributed by atoms with Crippen molar-refractivity contribution in [1.29, 1.82) is 0 Å². The summed E-state index contributed by atoms with van der Waals surface area (Å²) < 4.78 is 6.03. The molecular formula is C15H23NO. The minimum absolute atomic E-state index is 0.154. The Morgan fingerprint density at radius 3 is 2.53 bits per heavy atom. The van der Waals surface area contributed by atoms with Crippen LogP contribution >= 0.6 is 0 Å². The van der Waals surface area contributed by atoms with Gasteiger partial charge in [-0.25, -0.2) is 0 Å². The van der Waals surface area contributed by atoms with Crippen LogP contribution in [0.2, 0.25) is 0 Å². The molecule has 2 rings (SSSR count). The zero-order chi connectivity index (χ0) is 12.5. The number of ether oxygens (including phenoxy) is 1. The lowest BCUT2D eigenvalue weighted by atomic mass is 9.74. The standard InChI is InChI=1S/C15H23NO/c1-11-4-6-12(7-5-11)17-14-10-15(2,3)9-8-13(14)16/h4-7,13-14H,8-10,16H2,1-3H3. The fourth-order valence-corrected chi connectivity index (χ4v) is 2.46. The SMILES string of the molecule is Cc1ccc(OC2CC(C)(C)CCC2N)cc1. The van der Waals surface area contributed by atoms with Crippen LogP contribution in [-0.4, -0.2) is 12.1 Å². The molecule has 0 spiro atoms. The first-order valence-electron chi connectivity index (χ1n) is 6.45. The molecule has 1 fully saturated rings. The highest BCUT2D eigenvalue weighted by Crippen LogP contribution is 2.36. The van der Waals surface area contributed by atoms with Gasteiger partial charge < -0.3 is 10.5 Å². The van der Waals surface area contributed by atoms with Crippen LogP contribution in [0.25, 0.3) is 0 Å². The zero-order valence-electron chi connectivity index (χ0n) is 11.1. The highest BCUT2D eigenvalue weighted by molar-refractivity contribution is 5.26. The van der Waals surface area contributed by atoms with E-state index in [1.54, 1.807) is 0 Å². The Morgan fingerprint density at radius 2 is 1.88 bits per heavy atom. The molecule has 1 saturated carbocycles. The van der Waals surface area contributed by atoms with E-state index in [1.807, 2.05) is 12.1 Å². The van der Waals surface area contributed by atoms with E-state index in [2.05, 4.69) is 32.9 Å². The van der Waals surface area contributed by atoms with Crippen LogP contribution in [0.15, 0.2) is 24.3 Å². The number of rotatable bonds is 2. The first-order valence-corrected chi connectivity index (χ1v) is 6.45. The average Bonchev–Trinajstić information content (AvgIpc) is 2.26. The second kappa shape index (κ2) is 4.69. The van der Waals surface area contributed by atoms with E-state index in [4.69, 9.17) is 10.5 Å².